The molecule has 3 N–H and O–H groups in total. The molecule has 5 rings (SSSR count). The molecule has 47 heavy (non-hydrogen) atoms. The maximum Gasteiger partial charge on any atom is 0.272 e. The molecule has 8 heteroatoms. The molecule has 236 valence electrons. The largest absolute Gasteiger partial charge is 0.493 e. The molecule has 0 aliphatic heterocycles. The van der Waals surface area contributed by atoms with E-state index in [1.807, 2.05) is 111 Å². The van der Waals surface area contributed by atoms with E-state index in [4.69, 9.17) is 4.74 Å². The quantitative estimate of drug-likeness (QED) is 0.0941. The third kappa shape index (κ3) is 9.22. The Balaban J connectivity index is 1.34. The van der Waals surface area contributed by atoms with Crippen molar-refractivity contribution in [3.8, 4) is 5.75 Å². The van der Waals surface area contributed by atoms with Crippen molar-refractivity contribution in [2.45, 2.75) is 24.0 Å². The first kappa shape index (κ1) is 32.8. The van der Waals surface area contributed by atoms with Crippen LogP contribution in [0.25, 0.3) is 6.08 Å². The van der Waals surface area contributed by atoms with Gasteiger partial charge in [-0.25, -0.2) is 0 Å². The number of amides is 3. The lowest BCUT2D eigenvalue weighted by Gasteiger charge is -2.18. The average Bonchev–Trinajstić information content (AvgIpc) is 3.10. The molecule has 0 aromatic heterocycles. The molecule has 0 saturated heterocycles. The van der Waals surface area contributed by atoms with Gasteiger partial charge in [-0.05, 0) is 80.1 Å². The van der Waals surface area contributed by atoms with Crippen molar-refractivity contribution in [1.29, 1.82) is 0 Å². The lowest BCUT2D eigenvalue weighted by atomic mass is 10.1. The molecule has 0 aliphatic rings. The van der Waals surface area contributed by atoms with Crippen LogP contribution in [0.3, 0.4) is 0 Å². The first-order valence-electron chi connectivity index (χ1n) is 15.2. The lowest BCUT2D eigenvalue weighted by Crippen LogP contribution is -2.30. The Labute approximate surface area is 279 Å². The van der Waals surface area contributed by atoms with Gasteiger partial charge in [-0.3, -0.25) is 14.4 Å². The van der Waals surface area contributed by atoms with E-state index in [0.717, 1.165) is 21.7 Å². The van der Waals surface area contributed by atoms with E-state index in [9.17, 15) is 14.4 Å². The predicted octanol–water partition coefficient (Wildman–Crippen LogP) is 8.28. The number of nitrogens with one attached hydrogen (secondary N) is 3. The van der Waals surface area contributed by atoms with E-state index >= 15 is 0 Å². The van der Waals surface area contributed by atoms with Gasteiger partial charge in [-0.2, -0.15) is 0 Å². The van der Waals surface area contributed by atoms with Crippen LogP contribution >= 0.6 is 11.8 Å². The Morgan fingerprint density at radius 1 is 0.723 bits per heavy atom. The van der Waals surface area contributed by atoms with Gasteiger partial charge in [0.15, 0.2) is 0 Å². The van der Waals surface area contributed by atoms with Gasteiger partial charge in [-0.15, -0.1) is 11.8 Å². The predicted molar refractivity (Wildman–Crippen MR) is 189 cm³/mol. The monoisotopic (exact) mass is 641 g/mol. The fourth-order valence-electron chi connectivity index (χ4n) is 4.68. The molecule has 0 aliphatic carbocycles. The lowest BCUT2D eigenvalue weighted by molar-refractivity contribution is -0.116. The molecule has 0 saturated carbocycles. The number of para-hydroxylation sites is 1. The third-order valence-electron chi connectivity index (χ3n) is 7.07. The molecule has 3 amide bonds. The summed E-state index contributed by atoms with van der Waals surface area (Å²) in [5.41, 5.74) is 4.36. The van der Waals surface area contributed by atoms with Gasteiger partial charge in [-0.1, -0.05) is 84.4 Å². The second-order valence-corrected chi connectivity index (χ2v) is 11.8. The van der Waals surface area contributed by atoms with E-state index in [1.54, 1.807) is 42.5 Å². The number of aryl methyl sites for hydroxylation is 1. The zero-order valence-corrected chi connectivity index (χ0v) is 26.9. The summed E-state index contributed by atoms with van der Waals surface area (Å²) in [6, 6.07) is 40.5. The van der Waals surface area contributed by atoms with Crippen LogP contribution in [0.1, 0.15) is 39.2 Å². The van der Waals surface area contributed by atoms with Crippen molar-refractivity contribution in [3.05, 3.63) is 161 Å². The van der Waals surface area contributed by atoms with Crippen LogP contribution in [-0.4, -0.2) is 24.3 Å². The summed E-state index contributed by atoms with van der Waals surface area (Å²) in [7, 11) is 0. The maximum atomic E-state index is 13.6. The van der Waals surface area contributed by atoms with Crippen molar-refractivity contribution in [2.75, 3.05) is 17.2 Å². The molecule has 7 nitrogen and oxygen atoms in total. The Kier molecular flexibility index (Phi) is 11.2. The summed E-state index contributed by atoms with van der Waals surface area (Å²) in [5, 5.41) is 8.18. The normalized spacial score (nSPS) is 11.7. The van der Waals surface area contributed by atoms with Crippen LogP contribution in [-0.2, 0) is 9.59 Å². The second-order valence-electron chi connectivity index (χ2n) is 10.6. The minimum atomic E-state index is -0.508. The Morgan fingerprint density at radius 2 is 1.32 bits per heavy atom. The SMILES string of the molecule is CCOc1ccccc1/C=C(\NC(=O)c1ccccc1)C(=O)Nc1ccc(SC(C(=O)Nc2ccc(C)cc2)c2ccccc2)cc1. The Morgan fingerprint density at radius 3 is 2.00 bits per heavy atom. The minimum Gasteiger partial charge on any atom is -0.493 e. The molecule has 5 aromatic rings. The summed E-state index contributed by atoms with van der Waals surface area (Å²) < 4.78 is 5.74. The molecule has 0 heterocycles. The number of benzene rings is 5. The summed E-state index contributed by atoms with van der Waals surface area (Å²) in [6.45, 7) is 4.33. The summed E-state index contributed by atoms with van der Waals surface area (Å²) in [5.74, 6) is -0.460. The van der Waals surface area contributed by atoms with E-state index in [-0.39, 0.29) is 11.6 Å². The number of anilines is 2. The van der Waals surface area contributed by atoms with E-state index in [1.165, 1.54) is 11.8 Å². The van der Waals surface area contributed by atoms with Gasteiger partial charge in [0.25, 0.3) is 11.8 Å². The van der Waals surface area contributed by atoms with Crippen LogP contribution in [0.4, 0.5) is 11.4 Å². The molecule has 0 spiro atoms. The molecule has 0 bridgehead atoms. The van der Waals surface area contributed by atoms with Gasteiger partial charge >= 0.3 is 0 Å². The minimum absolute atomic E-state index is 0.0568. The van der Waals surface area contributed by atoms with Gasteiger partial charge in [0, 0.05) is 27.4 Å². The molecular formula is C39H35N3O4S. The van der Waals surface area contributed by atoms with Crippen LogP contribution < -0.4 is 20.7 Å². The maximum absolute atomic E-state index is 13.6. The zero-order chi connectivity index (χ0) is 33.0. The molecule has 1 atom stereocenters. The standard InChI is InChI=1S/C39H35N3O4S/c1-3-46-35-17-11-10-16-30(35)26-34(42-37(43)29-14-8-5-9-15-29)38(44)40-32-22-24-33(25-23-32)47-36(28-12-6-4-7-13-28)39(45)41-31-20-18-27(2)19-21-31/h4-26,36H,3H2,1-2H3,(H,40,44)(H,41,45)(H,42,43)/b34-26-. The van der Waals surface area contributed by atoms with Crippen LogP contribution in [0.5, 0.6) is 5.75 Å². The Hall–Kier alpha value is -5.60. The van der Waals surface area contributed by atoms with E-state index < -0.39 is 17.1 Å². The highest BCUT2D eigenvalue weighted by Crippen LogP contribution is 2.37. The summed E-state index contributed by atoms with van der Waals surface area (Å²) in [6.07, 6.45) is 1.60. The second kappa shape index (κ2) is 16.1. The van der Waals surface area contributed by atoms with Crippen molar-refractivity contribution in [2.24, 2.45) is 0 Å². The first-order chi connectivity index (χ1) is 22.9. The van der Waals surface area contributed by atoms with Crippen molar-refractivity contribution >= 4 is 46.9 Å². The van der Waals surface area contributed by atoms with Crippen molar-refractivity contribution in [3.63, 3.8) is 0 Å². The first-order valence-corrected chi connectivity index (χ1v) is 16.1. The zero-order valence-electron chi connectivity index (χ0n) is 26.1. The van der Waals surface area contributed by atoms with Crippen LogP contribution in [0, 0.1) is 6.92 Å². The molecule has 5 aromatic carbocycles. The number of thioether (sulfide) groups is 1. The number of ether oxygens (including phenoxy) is 1. The van der Waals surface area contributed by atoms with Gasteiger partial charge in [0.2, 0.25) is 5.91 Å². The highest BCUT2D eigenvalue weighted by Gasteiger charge is 2.23. The highest BCUT2D eigenvalue weighted by molar-refractivity contribution is 8.00. The molecular weight excluding hydrogens is 607 g/mol. The van der Waals surface area contributed by atoms with E-state index in [0.29, 0.717) is 29.2 Å². The Bertz CT molecular complexity index is 1840. The fraction of sp³-hybridized carbons (Fsp3) is 0.103. The van der Waals surface area contributed by atoms with Gasteiger partial charge in [0.05, 0.1) is 6.61 Å². The topological polar surface area (TPSA) is 96.5 Å². The van der Waals surface area contributed by atoms with Crippen molar-refractivity contribution in [1.82, 2.24) is 5.32 Å². The fourth-order valence-corrected chi connectivity index (χ4v) is 5.71. The number of rotatable bonds is 12. The number of hydrogen-bond donors (Lipinski definition) is 3. The van der Waals surface area contributed by atoms with Gasteiger partial charge in [0.1, 0.15) is 16.7 Å². The van der Waals surface area contributed by atoms with Crippen LogP contribution in [0.2, 0.25) is 0 Å². The number of carbonyl (C=O) groups is 3. The summed E-state index contributed by atoms with van der Waals surface area (Å²) >= 11 is 1.41. The highest BCUT2D eigenvalue weighted by atomic mass is 32.2. The summed E-state index contributed by atoms with van der Waals surface area (Å²) in [4.78, 5) is 41.0. The van der Waals surface area contributed by atoms with Crippen LogP contribution in [0.15, 0.2) is 144 Å². The molecule has 1 unspecified atom stereocenters. The van der Waals surface area contributed by atoms with Gasteiger partial charge < -0.3 is 20.7 Å². The number of carbonyl (C=O) groups excluding carboxylic acids is 3. The third-order valence-corrected chi connectivity index (χ3v) is 8.34. The molecule has 0 radical (unpaired) electrons. The average molecular weight is 642 g/mol. The van der Waals surface area contributed by atoms with Crippen molar-refractivity contribution < 1.29 is 19.1 Å². The van der Waals surface area contributed by atoms with E-state index in [2.05, 4.69) is 16.0 Å². The smallest absolute Gasteiger partial charge is 0.272 e. The molecule has 0 fully saturated rings. The number of hydrogen-bond acceptors (Lipinski definition) is 5.